The molecular formula is C18H19F2N5O. The molecule has 1 saturated heterocycles. The topological polar surface area (TPSA) is 64.0 Å². The molecule has 26 heavy (non-hydrogen) atoms. The number of ether oxygens (including phenoxy) is 1. The van der Waals surface area contributed by atoms with Crippen LogP contribution < -0.4 is 15.4 Å². The Bertz CT molecular complexity index is 923. The SMILES string of the molecule is Cn1cnc2cnc(NCc3ccc(C4CNC4)cc3OC(F)F)cc21. The number of nitrogens with zero attached hydrogens (tertiary/aromatic N) is 3. The van der Waals surface area contributed by atoms with Crippen LogP contribution in [-0.2, 0) is 13.6 Å². The summed E-state index contributed by atoms with van der Waals surface area (Å²) in [6.45, 7) is -0.796. The third kappa shape index (κ3) is 3.32. The van der Waals surface area contributed by atoms with Crippen molar-refractivity contribution in [3.05, 3.63) is 47.9 Å². The zero-order chi connectivity index (χ0) is 18.1. The van der Waals surface area contributed by atoms with Crippen LogP contribution in [0, 0.1) is 0 Å². The number of anilines is 1. The number of benzene rings is 1. The Labute approximate surface area is 149 Å². The van der Waals surface area contributed by atoms with E-state index >= 15 is 0 Å². The minimum Gasteiger partial charge on any atom is -0.434 e. The third-order valence-corrected chi connectivity index (χ3v) is 4.63. The fraction of sp³-hybridized carbons (Fsp3) is 0.333. The van der Waals surface area contributed by atoms with Crippen LogP contribution in [0.1, 0.15) is 17.0 Å². The van der Waals surface area contributed by atoms with Crippen molar-refractivity contribution in [2.75, 3.05) is 18.4 Å². The molecule has 8 heteroatoms. The van der Waals surface area contributed by atoms with Crippen molar-refractivity contribution < 1.29 is 13.5 Å². The summed E-state index contributed by atoms with van der Waals surface area (Å²) in [6, 6.07) is 7.40. The standard InChI is InChI=1S/C18H19F2N5O/c1-25-10-24-14-9-23-17(5-15(14)25)22-8-12-3-2-11(13-6-21-7-13)4-16(12)26-18(19)20/h2-5,9-10,13,18,21H,6-8H2,1H3,(H,22,23). The molecule has 136 valence electrons. The van der Waals surface area contributed by atoms with Gasteiger partial charge in [-0.05, 0) is 11.6 Å². The van der Waals surface area contributed by atoms with Crippen LogP contribution in [0.3, 0.4) is 0 Å². The zero-order valence-electron chi connectivity index (χ0n) is 14.2. The second kappa shape index (κ2) is 6.87. The summed E-state index contributed by atoms with van der Waals surface area (Å²) in [7, 11) is 1.90. The molecule has 1 aromatic carbocycles. The van der Waals surface area contributed by atoms with Crippen molar-refractivity contribution in [1.29, 1.82) is 0 Å². The van der Waals surface area contributed by atoms with E-state index in [2.05, 4.69) is 20.6 Å². The lowest BCUT2D eigenvalue weighted by Gasteiger charge is -2.28. The highest BCUT2D eigenvalue weighted by Gasteiger charge is 2.21. The van der Waals surface area contributed by atoms with E-state index in [4.69, 9.17) is 4.74 Å². The number of halogens is 2. The molecule has 1 aliphatic rings. The second-order valence-corrected chi connectivity index (χ2v) is 6.37. The maximum absolute atomic E-state index is 12.8. The van der Waals surface area contributed by atoms with Crippen LogP contribution in [-0.4, -0.2) is 34.2 Å². The first-order chi connectivity index (χ1) is 12.6. The molecule has 6 nitrogen and oxygen atoms in total. The number of rotatable bonds is 6. The van der Waals surface area contributed by atoms with Gasteiger partial charge in [0.05, 0.1) is 18.0 Å². The number of hydrogen-bond donors (Lipinski definition) is 2. The Kier molecular flexibility index (Phi) is 4.42. The first-order valence-corrected chi connectivity index (χ1v) is 8.39. The van der Waals surface area contributed by atoms with Crippen LogP contribution in [0.4, 0.5) is 14.6 Å². The van der Waals surface area contributed by atoms with Gasteiger partial charge >= 0.3 is 6.61 Å². The third-order valence-electron chi connectivity index (χ3n) is 4.63. The van der Waals surface area contributed by atoms with E-state index in [9.17, 15) is 8.78 Å². The minimum atomic E-state index is -2.85. The van der Waals surface area contributed by atoms with Gasteiger partial charge in [-0.3, -0.25) is 0 Å². The molecule has 3 heterocycles. The summed E-state index contributed by atoms with van der Waals surface area (Å²) in [6.07, 6.45) is 3.40. The van der Waals surface area contributed by atoms with Gasteiger partial charge in [-0.15, -0.1) is 0 Å². The number of alkyl halides is 2. The number of imidazole rings is 1. The highest BCUT2D eigenvalue weighted by molar-refractivity contribution is 5.77. The molecule has 0 aliphatic carbocycles. The number of pyridine rings is 1. The summed E-state index contributed by atoms with van der Waals surface area (Å²) < 4.78 is 32.2. The molecule has 0 spiro atoms. The van der Waals surface area contributed by atoms with Gasteiger partial charge in [0.25, 0.3) is 0 Å². The molecule has 0 bridgehead atoms. The van der Waals surface area contributed by atoms with E-state index in [1.807, 2.05) is 29.8 Å². The maximum atomic E-state index is 12.8. The molecule has 0 radical (unpaired) electrons. The van der Waals surface area contributed by atoms with Crippen LogP contribution in [0.15, 0.2) is 36.8 Å². The second-order valence-electron chi connectivity index (χ2n) is 6.37. The molecule has 4 rings (SSSR count). The zero-order valence-corrected chi connectivity index (χ0v) is 14.2. The van der Waals surface area contributed by atoms with Crippen molar-refractivity contribution in [2.45, 2.75) is 19.1 Å². The lowest BCUT2D eigenvalue weighted by molar-refractivity contribution is -0.0504. The predicted molar refractivity (Wildman–Crippen MR) is 94.5 cm³/mol. The summed E-state index contributed by atoms with van der Waals surface area (Å²) in [4.78, 5) is 8.54. The van der Waals surface area contributed by atoms with Gasteiger partial charge in [0.2, 0.25) is 0 Å². The van der Waals surface area contributed by atoms with Crippen molar-refractivity contribution in [3.8, 4) is 5.75 Å². The molecule has 1 fully saturated rings. The quantitative estimate of drug-likeness (QED) is 0.709. The Morgan fingerprint density at radius 2 is 2.15 bits per heavy atom. The lowest BCUT2D eigenvalue weighted by atomic mass is 9.92. The Morgan fingerprint density at radius 1 is 1.31 bits per heavy atom. The molecule has 0 saturated carbocycles. The predicted octanol–water partition coefficient (Wildman–Crippen LogP) is 2.87. The first kappa shape index (κ1) is 16.7. The summed E-state index contributed by atoms with van der Waals surface area (Å²) in [5.41, 5.74) is 3.42. The summed E-state index contributed by atoms with van der Waals surface area (Å²) in [5, 5.41) is 6.35. The van der Waals surface area contributed by atoms with E-state index in [0.29, 0.717) is 23.8 Å². The first-order valence-electron chi connectivity index (χ1n) is 8.39. The van der Waals surface area contributed by atoms with Crippen LogP contribution in [0.25, 0.3) is 11.0 Å². The fourth-order valence-electron chi connectivity index (χ4n) is 3.01. The van der Waals surface area contributed by atoms with E-state index in [1.54, 1.807) is 18.6 Å². The fourth-order valence-corrected chi connectivity index (χ4v) is 3.01. The van der Waals surface area contributed by atoms with E-state index in [0.717, 1.165) is 29.7 Å². The van der Waals surface area contributed by atoms with Crippen LogP contribution in [0.2, 0.25) is 0 Å². The summed E-state index contributed by atoms with van der Waals surface area (Å²) in [5.74, 6) is 1.21. The molecule has 0 atom stereocenters. The average Bonchev–Trinajstić information content (AvgIpc) is 2.93. The van der Waals surface area contributed by atoms with Crippen molar-refractivity contribution in [3.63, 3.8) is 0 Å². The Hall–Kier alpha value is -2.74. The molecule has 2 N–H and O–H groups in total. The molecular weight excluding hydrogens is 340 g/mol. The molecule has 0 amide bonds. The smallest absolute Gasteiger partial charge is 0.387 e. The van der Waals surface area contributed by atoms with Gasteiger partial charge in [0.15, 0.2) is 0 Å². The van der Waals surface area contributed by atoms with E-state index in [-0.39, 0.29) is 5.75 Å². The van der Waals surface area contributed by atoms with Crippen LogP contribution >= 0.6 is 0 Å². The molecule has 1 aliphatic heterocycles. The average molecular weight is 359 g/mol. The number of fused-ring (bicyclic) bond motifs is 1. The van der Waals surface area contributed by atoms with Gasteiger partial charge < -0.3 is 19.9 Å². The number of hydrogen-bond acceptors (Lipinski definition) is 5. The number of aryl methyl sites for hydroxylation is 1. The Morgan fingerprint density at radius 3 is 2.88 bits per heavy atom. The Balaban J connectivity index is 1.54. The van der Waals surface area contributed by atoms with Gasteiger partial charge in [0, 0.05) is 44.2 Å². The van der Waals surface area contributed by atoms with Crippen molar-refractivity contribution >= 4 is 16.9 Å². The van der Waals surface area contributed by atoms with Crippen LogP contribution in [0.5, 0.6) is 5.75 Å². The maximum Gasteiger partial charge on any atom is 0.387 e. The molecule has 3 aromatic rings. The van der Waals surface area contributed by atoms with Crippen molar-refractivity contribution in [2.24, 2.45) is 7.05 Å². The highest BCUT2D eigenvalue weighted by atomic mass is 19.3. The highest BCUT2D eigenvalue weighted by Crippen LogP contribution is 2.29. The normalized spacial score (nSPS) is 14.6. The molecule has 2 aromatic heterocycles. The van der Waals surface area contributed by atoms with Crippen molar-refractivity contribution in [1.82, 2.24) is 19.9 Å². The largest absolute Gasteiger partial charge is 0.434 e. The van der Waals surface area contributed by atoms with Gasteiger partial charge in [0.1, 0.15) is 17.1 Å². The minimum absolute atomic E-state index is 0.207. The number of nitrogens with one attached hydrogen (secondary N) is 2. The number of aromatic nitrogens is 3. The lowest BCUT2D eigenvalue weighted by Crippen LogP contribution is -2.39. The van der Waals surface area contributed by atoms with Gasteiger partial charge in [-0.1, -0.05) is 12.1 Å². The van der Waals surface area contributed by atoms with E-state index < -0.39 is 6.61 Å². The van der Waals surface area contributed by atoms with E-state index in [1.165, 1.54) is 0 Å². The summed E-state index contributed by atoms with van der Waals surface area (Å²) >= 11 is 0. The van der Waals surface area contributed by atoms with Gasteiger partial charge in [-0.25, -0.2) is 9.97 Å². The molecule has 0 unspecified atom stereocenters. The monoisotopic (exact) mass is 359 g/mol. The van der Waals surface area contributed by atoms with Gasteiger partial charge in [-0.2, -0.15) is 8.78 Å².